The lowest BCUT2D eigenvalue weighted by Crippen LogP contribution is -2.54. The van der Waals surface area contributed by atoms with Crippen molar-refractivity contribution in [1.82, 2.24) is 4.90 Å². The van der Waals surface area contributed by atoms with Gasteiger partial charge in [-0.1, -0.05) is 78.4 Å². The van der Waals surface area contributed by atoms with Gasteiger partial charge in [0.25, 0.3) is 5.91 Å². The minimum absolute atomic E-state index is 0.182. The predicted molar refractivity (Wildman–Crippen MR) is 185 cm³/mol. The molecule has 242 valence electrons. The van der Waals surface area contributed by atoms with Gasteiger partial charge in [-0.05, 0) is 55.8 Å². The average Bonchev–Trinajstić information content (AvgIpc) is 3.34. The molecule has 6 atom stereocenters. The minimum Gasteiger partial charge on any atom is -0.494 e. The molecule has 7 rings (SSSR count). The van der Waals surface area contributed by atoms with Gasteiger partial charge in [-0.15, -0.1) is 11.8 Å². The molecule has 2 saturated heterocycles. The maximum Gasteiger partial charge on any atom is 0.251 e. The van der Waals surface area contributed by atoms with Gasteiger partial charge in [-0.25, -0.2) is 0 Å². The van der Waals surface area contributed by atoms with Crippen LogP contribution in [0.2, 0.25) is 5.02 Å². The summed E-state index contributed by atoms with van der Waals surface area (Å²) in [4.78, 5) is 49.7. The van der Waals surface area contributed by atoms with Crippen LogP contribution < -0.4 is 14.5 Å². The molecule has 0 bridgehead atoms. The highest BCUT2D eigenvalue weighted by molar-refractivity contribution is 8.02. The van der Waals surface area contributed by atoms with Crippen LogP contribution in [-0.4, -0.2) is 69.6 Å². The summed E-state index contributed by atoms with van der Waals surface area (Å²) in [5.41, 5.74) is 1.95. The Labute approximate surface area is 283 Å². The third kappa shape index (κ3) is 4.98. The quantitative estimate of drug-likeness (QED) is 0.327. The number of para-hydroxylation sites is 1. The van der Waals surface area contributed by atoms with Gasteiger partial charge in [-0.2, -0.15) is 0 Å². The van der Waals surface area contributed by atoms with E-state index < -0.39 is 40.0 Å². The SMILES string of the molecule is CCOc1ccc(N2CC=C[C@]3(C)S[C@]45C=CCN(c6ccccc6Cl)C(=O)C4N([C@H](CO)c4ccccc4)C(=O)[C@@H]5[C@@H]3C2=O)cc1. The fourth-order valence-electron chi connectivity index (χ4n) is 7.83. The Morgan fingerprint density at radius 2 is 1.55 bits per heavy atom. The standard InChI is InChI=1S/C37H36ClN3O5S/c1-3-46-26-17-15-25(16-18-26)39-21-9-19-36(2)30(33(39)43)31-34(44)41(29(23-42)24-11-5-4-6-12-24)32-35(45)40(22-10-20-37(31,32)47-36)28-14-8-7-13-27(28)38/h4-20,29-32,42H,3,21-23H2,1-2H3/t29-,30-,31+,32?,36+,37+/m1/s1. The maximum absolute atomic E-state index is 15.1. The molecule has 2 fully saturated rings. The summed E-state index contributed by atoms with van der Waals surface area (Å²) in [5.74, 6) is -1.75. The van der Waals surface area contributed by atoms with Gasteiger partial charge in [0.15, 0.2) is 0 Å². The molecule has 0 aliphatic carbocycles. The molecular formula is C37H36ClN3O5S. The highest BCUT2D eigenvalue weighted by atomic mass is 35.5. The van der Waals surface area contributed by atoms with E-state index in [2.05, 4.69) is 0 Å². The Morgan fingerprint density at radius 1 is 0.872 bits per heavy atom. The number of rotatable bonds is 7. The van der Waals surface area contributed by atoms with E-state index in [4.69, 9.17) is 16.3 Å². The van der Waals surface area contributed by atoms with Crippen LogP contribution in [0.3, 0.4) is 0 Å². The molecule has 4 aliphatic heterocycles. The van der Waals surface area contributed by atoms with Crippen molar-refractivity contribution in [2.45, 2.75) is 35.4 Å². The van der Waals surface area contributed by atoms with Crippen LogP contribution in [0.4, 0.5) is 11.4 Å². The Balaban J connectivity index is 1.37. The number of fused-ring (bicyclic) bond motifs is 2. The smallest absolute Gasteiger partial charge is 0.251 e. The molecule has 0 aromatic heterocycles. The van der Waals surface area contributed by atoms with Crippen molar-refractivity contribution in [3.05, 3.63) is 114 Å². The molecule has 3 amide bonds. The molecule has 10 heteroatoms. The molecule has 1 spiro atoms. The number of nitrogens with zero attached hydrogens (tertiary/aromatic N) is 3. The lowest BCUT2D eigenvalue weighted by atomic mass is 9.74. The van der Waals surface area contributed by atoms with E-state index in [1.165, 1.54) is 11.8 Å². The first-order valence-corrected chi connectivity index (χ1v) is 17.1. The number of aliphatic hydroxyl groups excluding tert-OH is 1. The van der Waals surface area contributed by atoms with Crippen molar-refractivity contribution in [3.8, 4) is 5.75 Å². The number of carbonyl (C=O) groups excluding carboxylic acids is 3. The third-order valence-corrected chi connectivity index (χ3v) is 11.9. The summed E-state index contributed by atoms with van der Waals surface area (Å²) in [6, 6.07) is 22.0. The number of hydrogen-bond acceptors (Lipinski definition) is 6. The van der Waals surface area contributed by atoms with Crippen LogP contribution in [-0.2, 0) is 14.4 Å². The second-order valence-corrected chi connectivity index (χ2v) is 14.6. The van der Waals surface area contributed by atoms with Crippen molar-refractivity contribution in [2.75, 3.05) is 36.1 Å². The van der Waals surface area contributed by atoms with E-state index in [1.54, 1.807) is 32.9 Å². The molecule has 1 N–H and O–H groups in total. The number of aliphatic hydroxyl groups is 1. The molecule has 3 aromatic rings. The van der Waals surface area contributed by atoms with Gasteiger partial charge in [0.1, 0.15) is 11.8 Å². The van der Waals surface area contributed by atoms with Crippen molar-refractivity contribution < 1.29 is 24.2 Å². The molecular weight excluding hydrogens is 634 g/mol. The van der Waals surface area contributed by atoms with E-state index in [0.717, 1.165) is 0 Å². The number of anilines is 2. The zero-order valence-electron chi connectivity index (χ0n) is 26.2. The number of amides is 3. The van der Waals surface area contributed by atoms with Gasteiger partial charge in [0.05, 0.1) is 46.5 Å². The van der Waals surface area contributed by atoms with Gasteiger partial charge in [0, 0.05) is 23.5 Å². The monoisotopic (exact) mass is 669 g/mol. The summed E-state index contributed by atoms with van der Waals surface area (Å²) >= 11 is 8.13. The van der Waals surface area contributed by atoms with Gasteiger partial charge in [-0.3, -0.25) is 14.4 Å². The molecule has 0 radical (unpaired) electrons. The molecule has 1 unspecified atom stereocenters. The number of ether oxygens (including phenoxy) is 1. The van der Waals surface area contributed by atoms with Crippen molar-refractivity contribution in [1.29, 1.82) is 0 Å². The summed E-state index contributed by atoms with van der Waals surface area (Å²) in [6.07, 6.45) is 7.91. The van der Waals surface area contributed by atoms with Crippen molar-refractivity contribution >= 4 is 52.5 Å². The van der Waals surface area contributed by atoms with E-state index in [0.29, 0.717) is 40.9 Å². The molecule has 0 saturated carbocycles. The zero-order valence-corrected chi connectivity index (χ0v) is 27.7. The van der Waals surface area contributed by atoms with E-state index >= 15 is 4.79 Å². The number of hydrogen-bond donors (Lipinski definition) is 1. The molecule has 3 aromatic carbocycles. The number of benzene rings is 3. The van der Waals surface area contributed by atoms with Crippen LogP contribution in [0, 0.1) is 11.8 Å². The normalized spacial score (nSPS) is 28.9. The molecule has 4 heterocycles. The maximum atomic E-state index is 15.1. The number of thioether (sulfide) groups is 1. The Bertz CT molecular complexity index is 1770. The first kappa shape index (κ1) is 31.5. The predicted octanol–water partition coefficient (Wildman–Crippen LogP) is 5.67. The first-order chi connectivity index (χ1) is 22.7. The fourth-order valence-corrected chi connectivity index (χ4v) is 10.2. The van der Waals surface area contributed by atoms with Crippen LogP contribution in [0.5, 0.6) is 5.75 Å². The van der Waals surface area contributed by atoms with Crippen LogP contribution in [0.25, 0.3) is 0 Å². The highest BCUT2D eigenvalue weighted by Gasteiger charge is 2.74. The topological polar surface area (TPSA) is 90.4 Å². The molecule has 47 heavy (non-hydrogen) atoms. The average molecular weight is 670 g/mol. The lowest BCUT2D eigenvalue weighted by Gasteiger charge is -2.40. The summed E-state index contributed by atoms with van der Waals surface area (Å²) in [5, 5.41) is 11.3. The third-order valence-electron chi connectivity index (χ3n) is 9.79. The summed E-state index contributed by atoms with van der Waals surface area (Å²) < 4.78 is 3.75. The fraction of sp³-hybridized carbons (Fsp3) is 0.324. The van der Waals surface area contributed by atoms with Crippen molar-refractivity contribution in [3.63, 3.8) is 0 Å². The first-order valence-electron chi connectivity index (χ1n) is 15.9. The Morgan fingerprint density at radius 3 is 2.26 bits per heavy atom. The van der Waals surface area contributed by atoms with Crippen molar-refractivity contribution in [2.24, 2.45) is 11.8 Å². The minimum atomic E-state index is -1.09. The summed E-state index contributed by atoms with van der Waals surface area (Å²) in [7, 11) is 0. The second kappa shape index (κ2) is 12.2. The highest BCUT2D eigenvalue weighted by Crippen LogP contribution is 2.66. The Hall–Kier alpha value is -4.05. The number of halogens is 1. The number of carbonyl (C=O) groups is 3. The lowest BCUT2D eigenvalue weighted by molar-refractivity contribution is -0.142. The number of likely N-dealkylation sites (tertiary alicyclic amines) is 1. The second-order valence-electron chi connectivity index (χ2n) is 12.4. The van der Waals surface area contributed by atoms with Gasteiger partial charge in [0.2, 0.25) is 11.8 Å². The van der Waals surface area contributed by atoms with Crippen LogP contribution in [0.15, 0.2) is 103 Å². The summed E-state index contributed by atoms with van der Waals surface area (Å²) in [6.45, 7) is 4.64. The van der Waals surface area contributed by atoms with E-state index in [-0.39, 0.29) is 24.3 Å². The van der Waals surface area contributed by atoms with Crippen LogP contribution in [0.1, 0.15) is 25.5 Å². The Kier molecular flexibility index (Phi) is 8.18. The van der Waals surface area contributed by atoms with E-state index in [1.807, 2.05) is 98.8 Å². The van der Waals surface area contributed by atoms with Gasteiger partial charge >= 0.3 is 0 Å². The largest absolute Gasteiger partial charge is 0.494 e. The van der Waals surface area contributed by atoms with E-state index in [9.17, 15) is 14.7 Å². The van der Waals surface area contributed by atoms with Crippen LogP contribution >= 0.6 is 23.4 Å². The zero-order chi connectivity index (χ0) is 32.9. The molecule has 4 aliphatic rings. The van der Waals surface area contributed by atoms with Gasteiger partial charge < -0.3 is 24.5 Å². The molecule has 8 nitrogen and oxygen atoms in total.